The molecule has 0 aliphatic carbocycles. The summed E-state index contributed by atoms with van der Waals surface area (Å²) in [5.74, 6) is 1.44. The monoisotopic (exact) mass is 842 g/mol. The molecule has 13 nitrogen and oxygen atoms in total. The molecule has 314 valence electrons. The zero-order valence-corrected chi connectivity index (χ0v) is 36.8. The number of imidazole rings is 1. The van der Waals surface area contributed by atoms with Crippen LogP contribution in [0.3, 0.4) is 0 Å². The Labute approximate surface area is 353 Å². The van der Waals surface area contributed by atoms with Gasteiger partial charge in [0.2, 0.25) is 0 Å². The third-order valence-electron chi connectivity index (χ3n) is 10.4. The number of hydrogen-bond acceptors (Lipinski definition) is 12. The van der Waals surface area contributed by atoms with Crippen molar-refractivity contribution >= 4 is 31.9 Å². The maximum Gasteiger partial charge on any atom is 0.259 e. The van der Waals surface area contributed by atoms with Crippen LogP contribution in [0.15, 0.2) is 91.5 Å². The molecule has 0 radical (unpaired) electrons. The van der Waals surface area contributed by atoms with E-state index in [0.29, 0.717) is 15.8 Å². The van der Waals surface area contributed by atoms with Gasteiger partial charge in [-0.3, -0.25) is 4.57 Å². The van der Waals surface area contributed by atoms with E-state index in [1.807, 2.05) is 75.9 Å². The highest BCUT2D eigenvalue weighted by Gasteiger charge is 2.51. The number of methoxy groups -OCH3 is 3. The first kappa shape index (κ1) is 44.3. The van der Waals surface area contributed by atoms with E-state index in [0.717, 1.165) is 41.2 Å². The van der Waals surface area contributed by atoms with E-state index in [1.54, 1.807) is 34.0 Å². The molecule has 1 fully saturated rings. The predicted molar refractivity (Wildman–Crippen MR) is 230 cm³/mol. The Morgan fingerprint density at radius 1 is 0.864 bits per heavy atom. The Balaban J connectivity index is 1.49. The quantitative estimate of drug-likeness (QED) is 0.0321. The van der Waals surface area contributed by atoms with Gasteiger partial charge in [-0.15, -0.1) is 0 Å². The minimum absolute atomic E-state index is 0.0571. The van der Waals surface area contributed by atoms with Crippen molar-refractivity contribution in [2.75, 3.05) is 34.5 Å². The van der Waals surface area contributed by atoms with E-state index >= 15 is 0 Å². The highest BCUT2D eigenvalue weighted by Crippen LogP contribution is 2.51. The summed E-state index contributed by atoms with van der Waals surface area (Å²) in [6.45, 7) is 11.5. The van der Waals surface area contributed by atoms with Gasteiger partial charge in [0.05, 0.1) is 52.6 Å². The van der Waals surface area contributed by atoms with E-state index in [-0.39, 0.29) is 31.7 Å². The summed E-state index contributed by atoms with van der Waals surface area (Å²) >= 11 is 5.86. The van der Waals surface area contributed by atoms with Crippen molar-refractivity contribution in [3.05, 3.63) is 113 Å². The maximum atomic E-state index is 9.45. The summed E-state index contributed by atoms with van der Waals surface area (Å²) in [6, 6.07) is 28.2. The molecule has 0 spiro atoms. The Morgan fingerprint density at radius 3 is 2.02 bits per heavy atom. The minimum Gasteiger partial charge on any atom is -0.497 e. The summed E-state index contributed by atoms with van der Waals surface area (Å²) in [6.07, 6.45) is 1.75. The van der Waals surface area contributed by atoms with Crippen LogP contribution in [0, 0.1) is 16.0 Å². The molecule has 15 heteroatoms. The van der Waals surface area contributed by atoms with E-state index in [1.165, 1.54) is 0 Å². The summed E-state index contributed by atoms with van der Waals surface area (Å²) in [5.41, 5.74) is 2.70. The molecule has 5 aromatic rings. The number of rotatable bonds is 20. The van der Waals surface area contributed by atoms with Crippen LogP contribution < -0.4 is 9.47 Å². The highest BCUT2D eigenvalue weighted by molar-refractivity contribution is 7.71. The number of nitrogens with zero attached hydrogens (tertiary/aromatic N) is 6. The first-order valence-corrected chi connectivity index (χ1v) is 21.5. The predicted octanol–water partition coefficient (Wildman–Crippen LogP) is 8.97. The first-order chi connectivity index (χ1) is 28.6. The molecule has 5 atom stereocenters. The van der Waals surface area contributed by atoms with E-state index < -0.39 is 38.7 Å². The summed E-state index contributed by atoms with van der Waals surface area (Å²) in [4.78, 5) is 9.54. The zero-order valence-electron chi connectivity index (χ0n) is 35.1. The van der Waals surface area contributed by atoms with E-state index in [9.17, 15) is 5.26 Å². The van der Waals surface area contributed by atoms with Gasteiger partial charge in [0.1, 0.15) is 45.6 Å². The number of hydrogen-bond donors (Lipinski definition) is 0. The largest absolute Gasteiger partial charge is 0.497 e. The molecule has 59 heavy (non-hydrogen) atoms. The van der Waals surface area contributed by atoms with Crippen LogP contribution >= 0.6 is 20.7 Å². The summed E-state index contributed by atoms with van der Waals surface area (Å²) in [7, 11) is 3.23. The second-order valence-corrected chi connectivity index (χ2v) is 16.6. The van der Waals surface area contributed by atoms with Crippen LogP contribution in [0.1, 0.15) is 70.4 Å². The molecule has 0 N–H and O–H groups in total. The van der Waals surface area contributed by atoms with Crippen molar-refractivity contribution in [2.45, 2.75) is 96.2 Å². The molecule has 2 aromatic heterocycles. The van der Waals surface area contributed by atoms with Gasteiger partial charge in [-0.05, 0) is 75.1 Å². The third-order valence-corrected chi connectivity index (χ3v) is 12.9. The van der Waals surface area contributed by atoms with Crippen molar-refractivity contribution in [2.24, 2.45) is 0 Å². The molecule has 0 bridgehead atoms. The topological polar surface area (TPSA) is 127 Å². The Bertz CT molecular complexity index is 2140. The standard InChI is InChI=1S/C44H55N6O7PS/c1-9-25-48-28-47-41-38(43(48)59)46-29-49(41)42-40(53-8)39(57-58(55-26-13-24-45)50(30(2)3)31(4)5)37(56-42)27-54-44(32-14-11-10-12-15-32,33-16-20-35(51-6)21-17-33)34-18-22-36(52-7)23-19-34/h10-12,14-23,28-31,37,39-40,42H,9,13,25-27H2,1-8H3/t37-,39-,40-,42-,58?/m1/s1. The number of ether oxygens (including phenoxy) is 5. The SMILES string of the molecule is CCCn1cnc2c(ncn2[C@@H]2O[C@H](COC(c3ccccc3)(c3ccc(OC)cc3)c3ccc(OC)cc3)[C@@H](OP(OCCC#N)N(C(C)C)C(C)C)[C@H]2OC)c1=S. The molecule has 3 heterocycles. The number of benzene rings is 3. The van der Waals surface area contributed by atoms with Gasteiger partial charge in [0, 0.05) is 25.7 Å². The molecule has 1 aliphatic heterocycles. The summed E-state index contributed by atoms with van der Waals surface area (Å²) < 4.78 is 52.1. The molecule has 6 rings (SSSR count). The molecule has 3 aromatic carbocycles. The van der Waals surface area contributed by atoms with Crippen LogP contribution in [-0.4, -0.2) is 88.7 Å². The molecular weight excluding hydrogens is 788 g/mol. The number of nitriles is 1. The Morgan fingerprint density at radius 2 is 1.47 bits per heavy atom. The fourth-order valence-corrected chi connectivity index (χ4v) is 9.71. The van der Waals surface area contributed by atoms with Crippen LogP contribution in [0.5, 0.6) is 11.5 Å². The van der Waals surface area contributed by atoms with Crippen molar-refractivity contribution in [1.82, 2.24) is 23.8 Å². The van der Waals surface area contributed by atoms with Crippen LogP contribution in [0.4, 0.5) is 0 Å². The molecule has 1 unspecified atom stereocenters. The molecular formula is C44H55N6O7PS. The van der Waals surface area contributed by atoms with Gasteiger partial charge in [-0.2, -0.15) is 5.26 Å². The van der Waals surface area contributed by atoms with Gasteiger partial charge in [-0.25, -0.2) is 14.6 Å². The minimum atomic E-state index is -1.71. The van der Waals surface area contributed by atoms with Crippen molar-refractivity contribution in [1.29, 1.82) is 5.26 Å². The number of fused-ring (bicyclic) bond motifs is 1. The fraction of sp³-hybridized carbons (Fsp3) is 0.455. The molecule has 0 amide bonds. The lowest BCUT2D eigenvalue weighted by Gasteiger charge is -2.39. The lowest BCUT2D eigenvalue weighted by atomic mass is 9.80. The van der Waals surface area contributed by atoms with E-state index in [4.69, 9.17) is 54.9 Å². The van der Waals surface area contributed by atoms with Gasteiger partial charge in [0.15, 0.2) is 11.9 Å². The maximum absolute atomic E-state index is 9.45. The number of aryl methyl sites for hydroxylation is 1. The fourth-order valence-electron chi connectivity index (χ4n) is 7.66. The smallest absolute Gasteiger partial charge is 0.259 e. The molecule has 1 aliphatic rings. The van der Waals surface area contributed by atoms with Gasteiger partial charge >= 0.3 is 0 Å². The van der Waals surface area contributed by atoms with E-state index in [2.05, 4.69) is 57.5 Å². The van der Waals surface area contributed by atoms with Gasteiger partial charge in [-0.1, -0.05) is 73.7 Å². The average Bonchev–Trinajstić information content (AvgIpc) is 3.84. The Kier molecular flexibility index (Phi) is 15.2. The molecule has 1 saturated heterocycles. The number of aromatic nitrogens is 4. The normalized spacial score (nSPS) is 18.8. The van der Waals surface area contributed by atoms with Crippen molar-refractivity contribution < 1.29 is 32.7 Å². The van der Waals surface area contributed by atoms with Crippen LogP contribution in [0.2, 0.25) is 0 Å². The van der Waals surface area contributed by atoms with Crippen LogP contribution in [0.25, 0.3) is 11.2 Å². The third kappa shape index (κ3) is 9.38. The second kappa shape index (κ2) is 20.3. The lowest BCUT2D eigenvalue weighted by molar-refractivity contribution is -0.0938. The average molecular weight is 843 g/mol. The van der Waals surface area contributed by atoms with Gasteiger partial charge in [0.25, 0.3) is 8.53 Å². The van der Waals surface area contributed by atoms with Gasteiger partial charge < -0.3 is 37.3 Å². The highest BCUT2D eigenvalue weighted by atomic mass is 32.1. The zero-order chi connectivity index (χ0) is 42.1. The Hall–Kier alpha value is -4.29. The van der Waals surface area contributed by atoms with Crippen molar-refractivity contribution in [3.63, 3.8) is 0 Å². The first-order valence-electron chi connectivity index (χ1n) is 19.9. The van der Waals surface area contributed by atoms with Crippen LogP contribution in [-0.2, 0) is 35.4 Å². The van der Waals surface area contributed by atoms with Crippen molar-refractivity contribution in [3.8, 4) is 17.6 Å². The lowest BCUT2D eigenvalue weighted by Crippen LogP contribution is -2.42. The summed E-state index contributed by atoms with van der Waals surface area (Å²) in [5, 5.41) is 9.45. The molecule has 0 saturated carbocycles. The second-order valence-electron chi connectivity index (χ2n) is 14.8.